The predicted octanol–water partition coefficient (Wildman–Crippen LogP) is 0.875. The van der Waals surface area contributed by atoms with E-state index in [1.807, 2.05) is 0 Å². The Kier molecular flexibility index (Phi) is 4.71. The van der Waals surface area contributed by atoms with Crippen LogP contribution in [0.5, 0.6) is 0 Å². The molecule has 0 atom stereocenters. The van der Waals surface area contributed by atoms with E-state index in [0.717, 1.165) is 0 Å². The van der Waals surface area contributed by atoms with Crippen LogP contribution >= 0.6 is 11.3 Å². The van der Waals surface area contributed by atoms with E-state index in [4.69, 9.17) is 15.6 Å². The fraction of sp³-hybridized carbons (Fsp3) is 0.167. The summed E-state index contributed by atoms with van der Waals surface area (Å²) in [5.41, 5.74) is 6.78. The van der Waals surface area contributed by atoms with Crippen molar-refractivity contribution < 1.29 is 27.9 Å². The summed E-state index contributed by atoms with van der Waals surface area (Å²) in [6.07, 6.45) is -5.08. The number of carboxylic acid groups (broad SMARTS) is 1. The van der Waals surface area contributed by atoms with Crippen LogP contribution in [0.4, 0.5) is 13.2 Å². The van der Waals surface area contributed by atoms with Gasteiger partial charge < -0.3 is 10.8 Å². The van der Waals surface area contributed by atoms with E-state index in [2.05, 4.69) is 4.98 Å². The number of hydrogen-bond donors (Lipinski definition) is 2. The molecule has 0 saturated heterocycles. The van der Waals surface area contributed by atoms with Gasteiger partial charge in [0.1, 0.15) is 5.69 Å². The van der Waals surface area contributed by atoms with Gasteiger partial charge in [-0.15, -0.1) is 11.3 Å². The van der Waals surface area contributed by atoms with Gasteiger partial charge in [-0.25, -0.2) is 9.78 Å². The van der Waals surface area contributed by atoms with Gasteiger partial charge in [-0.2, -0.15) is 13.2 Å². The summed E-state index contributed by atoms with van der Waals surface area (Å²) in [7, 11) is 0. The van der Waals surface area contributed by atoms with Gasteiger partial charge in [0.2, 0.25) is 0 Å². The molecule has 0 radical (unpaired) electrons. The Balaban J connectivity index is 0.000000265. The third-order valence-corrected chi connectivity index (χ3v) is 1.51. The minimum absolute atomic E-state index is 0.343. The molecule has 3 N–H and O–H groups in total. The molecule has 1 amide bonds. The molecular weight excluding hydrogens is 237 g/mol. The molecule has 84 valence electrons. The summed E-state index contributed by atoms with van der Waals surface area (Å²) < 4.78 is 31.7. The van der Waals surface area contributed by atoms with Gasteiger partial charge in [0.25, 0.3) is 5.91 Å². The third-order valence-electron chi connectivity index (χ3n) is 0.927. The molecule has 1 rings (SSSR count). The van der Waals surface area contributed by atoms with Crippen LogP contribution in [0.2, 0.25) is 0 Å². The van der Waals surface area contributed by atoms with Crippen molar-refractivity contribution in [3.8, 4) is 0 Å². The van der Waals surface area contributed by atoms with Gasteiger partial charge in [0.05, 0.1) is 5.51 Å². The van der Waals surface area contributed by atoms with Crippen molar-refractivity contribution in [2.24, 2.45) is 5.73 Å². The van der Waals surface area contributed by atoms with Crippen molar-refractivity contribution in [3.05, 3.63) is 16.6 Å². The minimum Gasteiger partial charge on any atom is -0.475 e. The van der Waals surface area contributed by atoms with Crippen molar-refractivity contribution >= 4 is 23.2 Å². The highest BCUT2D eigenvalue weighted by Gasteiger charge is 2.38. The summed E-state index contributed by atoms with van der Waals surface area (Å²) in [5.74, 6) is -3.22. The normalized spacial score (nSPS) is 10.1. The predicted molar refractivity (Wildman–Crippen MR) is 44.3 cm³/mol. The zero-order valence-corrected chi connectivity index (χ0v) is 7.80. The molecule has 0 bridgehead atoms. The maximum atomic E-state index is 10.6. The molecule has 5 nitrogen and oxygen atoms in total. The molecule has 0 saturated carbocycles. The number of carboxylic acids is 1. The van der Waals surface area contributed by atoms with Crippen molar-refractivity contribution in [3.63, 3.8) is 0 Å². The topological polar surface area (TPSA) is 93.3 Å². The smallest absolute Gasteiger partial charge is 0.475 e. The second kappa shape index (κ2) is 5.29. The summed E-state index contributed by atoms with van der Waals surface area (Å²) >= 11 is 1.36. The number of rotatable bonds is 1. The molecule has 0 aliphatic rings. The van der Waals surface area contributed by atoms with Crippen molar-refractivity contribution in [2.45, 2.75) is 6.18 Å². The third kappa shape index (κ3) is 5.62. The van der Waals surface area contributed by atoms with Crippen LogP contribution in [0.25, 0.3) is 0 Å². The highest BCUT2D eigenvalue weighted by atomic mass is 32.1. The number of carbonyl (C=O) groups excluding carboxylic acids is 1. The highest BCUT2D eigenvalue weighted by molar-refractivity contribution is 7.07. The minimum atomic E-state index is -5.08. The standard InChI is InChI=1S/C4H4N2OS.C2HF3O2/c5-4(7)3-1-8-2-6-3;3-2(4,5)1(6)7/h1-2H,(H2,5,7);(H,6,7). The zero-order chi connectivity index (χ0) is 12.1. The van der Waals surface area contributed by atoms with E-state index in [-0.39, 0.29) is 0 Å². The molecule has 0 fully saturated rings. The van der Waals surface area contributed by atoms with Crippen LogP contribution in [0.3, 0.4) is 0 Å². The number of carbonyl (C=O) groups is 2. The number of hydrogen-bond acceptors (Lipinski definition) is 4. The van der Waals surface area contributed by atoms with Crippen LogP contribution < -0.4 is 5.73 Å². The van der Waals surface area contributed by atoms with Crippen LogP contribution in [0, 0.1) is 0 Å². The summed E-state index contributed by atoms with van der Waals surface area (Å²) in [6, 6.07) is 0. The second-order valence-corrected chi connectivity index (χ2v) is 2.76. The van der Waals surface area contributed by atoms with E-state index < -0.39 is 18.1 Å². The first-order valence-corrected chi connectivity index (χ1v) is 4.17. The molecular formula is C6H5F3N2O3S. The van der Waals surface area contributed by atoms with Crippen LogP contribution in [0.15, 0.2) is 10.9 Å². The molecule has 0 unspecified atom stereocenters. The van der Waals surface area contributed by atoms with Crippen molar-refractivity contribution in [1.82, 2.24) is 4.98 Å². The van der Waals surface area contributed by atoms with E-state index >= 15 is 0 Å². The molecule has 0 spiro atoms. The Bertz CT molecular complexity index is 336. The summed E-state index contributed by atoms with van der Waals surface area (Å²) in [6.45, 7) is 0. The lowest BCUT2D eigenvalue weighted by Crippen LogP contribution is -2.21. The van der Waals surface area contributed by atoms with Crippen molar-refractivity contribution in [1.29, 1.82) is 0 Å². The number of nitrogens with zero attached hydrogens (tertiary/aromatic N) is 1. The maximum absolute atomic E-state index is 10.6. The van der Waals surface area contributed by atoms with E-state index in [9.17, 15) is 18.0 Å². The Morgan fingerprint density at radius 1 is 1.47 bits per heavy atom. The molecule has 9 heteroatoms. The number of alkyl halides is 3. The number of aromatic nitrogens is 1. The lowest BCUT2D eigenvalue weighted by molar-refractivity contribution is -0.192. The average Bonchev–Trinajstić information content (AvgIpc) is 2.54. The van der Waals surface area contributed by atoms with E-state index in [1.54, 1.807) is 10.9 Å². The molecule has 15 heavy (non-hydrogen) atoms. The van der Waals surface area contributed by atoms with Gasteiger partial charge >= 0.3 is 12.1 Å². The number of primary amides is 1. The SMILES string of the molecule is NC(=O)c1cscn1.O=C(O)C(F)(F)F. The summed E-state index contributed by atoms with van der Waals surface area (Å²) in [5, 5.41) is 8.74. The Morgan fingerprint density at radius 3 is 2.07 bits per heavy atom. The Labute approximate surface area is 85.3 Å². The lowest BCUT2D eigenvalue weighted by Gasteiger charge is -1.93. The van der Waals surface area contributed by atoms with Gasteiger partial charge in [-0.1, -0.05) is 0 Å². The average molecular weight is 242 g/mol. The number of halogens is 3. The highest BCUT2D eigenvalue weighted by Crippen LogP contribution is 2.13. The first-order valence-electron chi connectivity index (χ1n) is 3.23. The zero-order valence-electron chi connectivity index (χ0n) is 6.99. The largest absolute Gasteiger partial charge is 0.490 e. The molecule has 0 aromatic carbocycles. The van der Waals surface area contributed by atoms with Crippen LogP contribution in [0.1, 0.15) is 10.5 Å². The molecule has 1 aromatic rings. The van der Waals surface area contributed by atoms with Gasteiger partial charge in [-0.05, 0) is 0 Å². The maximum Gasteiger partial charge on any atom is 0.490 e. The molecule has 0 aliphatic carbocycles. The van der Waals surface area contributed by atoms with Crippen LogP contribution in [-0.2, 0) is 4.79 Å². The van der Waals surface area contributed by atoms with Crippen molar-refractivity contribution in [2.75, 3.05) is 0 Å². The Hall–Kier alpha value is -1.64. The monoisotopic (exact) mass is 242 g/mol. The number of nitrogens with two attached hydrogens (primary N) is 1. The second-order valence-electron chi connectivity index (χ2n) is 2.04. The first-order chi connectivity index (χ1) is 6.75. The Morgan fingerprint density at radius 2 is 1.93 bits per heavy atom. The molecule has 1 heterocycles. The fourth-order valence-corrected chi connectivity index (χ4v) is 0.875. The van der Waals surface area contributed by atoms with E-state index in [0.29, 0.717) is 5.69 Å². The molecule has 1 aromatic heterocycles. The van der Waals surface area contributed by atoms with Gasteiger partial charge in [0, 0.05) is 5.38 Å². The van der Waals surface area contributed by atoms with Gasteiger partial charge in [-0.3, -0.25) is 4.79 Å². The fourth-order valence-electron chi connectivity index (χ4n) is 0.334. The van der Waals surface area contributed by atoms with Gasteiger partial charge in [0.15, 0.2) is 0 Å². The first kappa shape index (κ1) is 13.4. The quantitative estimate of drug-likeness (QED) is 0.764. The van der Waals surface area contributed by atoms with Crippen LogP contribution in [-0.4, -0.2) is 28.1 Å². The number of aliphatic carboxylic acids is 1. The molecule has 0 aliphatic heterocycles. The summed E-state index contributed by atoms with van der Waals surface area (Å²) in [4.78, 5) is 22.8. The lowest BCUT2D eigenvalue weighted by atomic mass is 10.5. The number of amides is 1. The number of thiazole rings is 1. The van der Waals surface area contributed by atoms with E-state index in [1.165, 1.54) is 11.3 Å².